The Bertz CT molecular complexity index is 1430. The van der Waals surface area contributed by atoms with E-state index in [1.165, 1.54) is 6.33 Å². The summed E-state index contributed by atoms with van der Waals surface area (Å²) in [5.41, 5.74) is 2.09. The van der Waals surface area contributed by atoms with Crippen LogP contribution in [0.3, 0.4) is 0 Å². The van der Waals surface area contributed by atoms with Gasteiger partial charge in [-0.15, -0.1) is 5.10 Å². The summed E-state index contributed by atoms with van der Waals surface area (Å²) >= 11 is 0. The molecule has 3 aromatic rings. The summed E-state index contributed by atoms with van der Waals surface area (Å²) in [6.07, 6.45) is 23.3. The molecule has 3 fully saturated rings. The van der Waals surface area contributed by atoms with Crippen LogP contribution in [0.25, 0.3) is 17.0 Å². The van der Waals surface area contributed by atoms with Crippen molar-refractivity contribution in [1.29, 1.82) is 0 Å². The molecule has 1 aliphatic heterocycles. The molecule has 3 aliphatic rings. The average Bonchev–Trinajstić information content (AvgIpc) is 3.81. The van der Waals surface area contributed by atoms with Gasteiger partial charge in [0.25, 0.3) is 0 Å². The number of aromatic nitrogens is 7. The van der Waals surface area contributed by atoms with Gasteiger partial charge in [-0.3, -0.25) is 4.57 Å². The maximum atomic E-state index is 6.96. The molecular formula is C34H49FeN7O3Si2+2. The molecule has 0 amide bonds. The largest absolute Gasteiger partial charge is 2.00 e. The second kappa shape index (κ2) is 15.2. The van der Waals surface area contributed by atoms with Crippen LogP contribution in [0, 0.1) is 63.7 Å². The van der Waals surface area contributed by atoms with Gasteiger partial charge in [0.05, 0.1) is 30.9 Å². The molecule has 0 N–H and O–H groups in total. The van der Waals surface area contributed by atoms with Crippen LogP contribution in [0.4, 0.5) is 0 Å². The Morgan fingerprint density at radius 2 is 1.47 bits per heavy atom. The van der Waals surface area contributed by atoms with E-state index < -0.39 is 16.6 Å². The second-order valence-corrected chi connectivity index (χ2v) is 24.6. The second-order valence-electron chi connectivity index (χ2n) is 15.1. The standard InChI is InChI=1S/C29H44N7O3Si2.C5H5.Fe/c1-28(2,3)40(7,8)37-17-23-22(39-41(9,10)29(4,5)6)15-24(38-23)35-19-32-25-26(35)30-18-31-27(25)36-16-21(33-34-36)20-13-11-12-14-20;1-2-4-5-3-1;/h11-14,16,18-19,22-24H,15,17H2,1-10H3;1-5H;/q;;+2/t22-,23+,24+;;/m0../s1. The average molecular weight is 716 g/mol. The number of ether oxygens (including phenoxy) is 1. The van der Waals surface area contributed by atoms with Crippen molar-refractivity contribution in [2.45, 2.75) is 103 Å². The van der Waals surface area contributed by atoms with E-state index in [1.807, 2.05) is 68.6 Å². The molecule has 3 atom stereocenters. The molecule has 10 nitrogen and oxygen atoms in total. The summed E-state index contributed by atoms with van der Waals surface area (Å²) in [6, 6.07) is 0. The fourth-order valence-electron chi connectivity index (χ4n) is 4.79. The van der Waals surface area contributed by atoms with Crippen LogP contribution in [0.5, 0.6) is 0 Å². The van der Waals surface area contributed by atoms with Crippen LogP contribution in [-0.4, -0.2) is 70.0 Å². The molecule has 252 valence electrons. The minimum Gasteiger partial charge on any atom is -0.414 e. The summed E-state index contributed by atoms with van der Waals surface area (Å²) < 4.78 is 24.0. The third-order valence-corrected chi connectivity index (χ3v) is 18.7. The molecule has 1 saturated heterocycles. The van der Waals surface area contributed by atoms with Crippen molar-refractivity contribution in [3.63, 3.8) is 0 Å². The van der Waals surface area contributed by atoms with Crippen molar-refractivity contribution in [1.82, 2.24) is 34.5 Å². The van der Waals surface area contributed by atoms with E-state index >= 15 is 0 Å². The predicted octanol–water partition coefficient (Wildman–Crippen LogP) is 6.88. The van der Waals surface area contributed by atoms with Gasteiger partial charge in [0.2, 0.25) is 0 Å². The van der Waals surface area contributed by atoms with Crippen molar-refractivity contribution in [2.75, 3.05) is 6.61 Å². The minimum absolute atomic E-state index is 0. The van der Waals surface area contributed by atoms with Crippen LogP contribution < -0.4 is 0 Å². The van der Waals surface area contributed by atoms with Gasteiger partial charge < -0.3 is 13.6 Å². The monoisotopic (exact) mass is 715 g/mol. The van der Waals surface area contributed by atoms with E-state index in [0.29, 0.717) is 30.0 Å². The Balaban J connectivity index is 0.000000762. The third kappa shape index (κ3) is 8.82. The molecule has 0 unspecified atom stereocenters. The van der Waals surface area contributed by atoms with Gasteiger partial charge in [-0.1, -0.05) is 46.8 Å². The van der Waals surface area contributed by atoms with E-state index in [1.54, 1.807) is 11.0 Å². The molecule has 0 bridgehead atoms. The molecule has 0 aromatic carbocycles. The van der Waals surface area contributed by atoms with Crippen LogP contribution in [-0.2, 0) is 30.7 Å². The Morgan fingerprint density at radius 3 is 2.06 bits per heavy atom. The van der Waals surface area contributed by atoms with Crippen LogP contribution in [0.1, 0.15) is 59.9 Å². The van der Waals surface area contributed by atoms with Crippen molar-refractivity contribution in [3.05, 3.63) is 88.3 Å². The fraction of sp³-hybridized carbons (Fsp3) is 0.500. The Labute approximate surface area is 295 Å². The van der Waals surface area contributed by atoms with Gasteiger partial charge in [0, 0.05) is 12.3 Å². The zero-order valence-corrected chi connectivity index (χ0v) is 32.4. The van der Waals surface area contributed by atoms with Gasteiger partial charge >= 0.3 is 17.1 Å². The maximum absolute atomic E-state index is 6.96. The summed E-state index contributed by atoms with van der Waals surface area (Å²) in [4.78, 5) is 13.8. The Hall–Kier alpha value is -1.48. The summed E-state index contributed by atoms with van der Waals surface area (Å²) in [6.45, 7) is 23.2. The summed E-state index contributed by atoms with van der Waals surface area (Å²) in [5.74, 6) is 1.58. The topological polar surface area (TPSA) is 102 Å². The van der Waals surface area contributed by atoms with Crippen LogP contribution >= 0.6 is 0 Å². The summed E-state index contributed by atoms with van der Waals surface area (Å²) in [7, 11) is -4.03. The number of hydrogen-bond acceptors (Lipinski definition) is 8. The van der Waals surface area contributed by atoms with E-state index in [4.69, 9.17) is 18.6 Å². The predicted molar refractivity (Wildman–Crippen MR) is 185 cm³/mol. The molecule has 10 radical (unpaired) electrons. The van der Waals surface area contributed by atoms with Crippen molar-refractivity contribution >= 4 is 27.8 Å². The molecule has 13 heteroatoms. The first-order valence-electron chi connectivity index (χ1n) is 16.0. The number of rotatable bonds is 8. The fourth-order valence-corrected chi connectivity index (χ4v) is 7.16. The Kier molecular flexibility index (Phi) is 12.4. The third-order valence-electron chi connectivity index (χ3n) is 9.72. The van der Waals surface area contributed by atoms with E-state index in [0.717, 1.165) is 11.6 Å². The molecule has 47 heavy (non-hydrogen) atoms. The molecule has 4 heterocycles. The zero-order chi connectivity index (χ0) is 33.3. The van der Waals surface area contributed by atoms with E-state index in [2.05, 4.69) is 88.0 Å². The normalized spacial score (nSPS) is 22.8. The number of fused-ring (bicyclic) bond motifs is 1. The van der Waals surface area contributed by atoms with Crippen LogP contribution in [0.15, 0.2) is 18.9 Å². The SMILES string of the molecule is CC(C)(C)[Si](C)(C)OC[C@H]1O[C@@H](n2cnc3c(-n4cc([C]5[CH][CH][CH][CH]5)nn4)ncnc32)C[C@@H]1O[Si](C)(C)C(C)(C)C.[CH]1[CH][CH][CH][CH]1.[Fe+2]. The molecular weight excluding hydrogens is 666 g/mol. The first-order chi connectivity index (χ1) is 21.6. The molecule has 2 saturated carbocycles. The number of hydrogen-bond donors (Lipinski definition) is 0. The van der Waals surface area contributed by atoms with E-state index in [9.17, 15) is 0 Å². The number of nitrogens with zero attached hydrogens (tertiary/aromatic N) is 7. The molecule has 6 rings (SSSR count). The zero-order valence-electron chi connectivity index (χ0n) is 29.3. The first kappa shape index (κ1) is 38.3. The maximum Gasteiger partial charge on any atom is 2.00 e. The molecule has 0 spiro atoms. The molecule has 3 aromatic heterocycles. The first-order valence-corrected chi connectivity index (χ1v) is 21.9. The van der Waals surface area contributed by atoms with Crippen LogP contribution in [0.2, 0.25) is 36.3 Å². The quantitative estimate of drug-likeness (QED) is 0.233. The smallest absolute Gasteiger partial charge is 0.414 e. The van der Waals surface area contributed by atoms with Gasteiger partial charge in [-0.2, -0.15) is 4.68 Å². The van der Waals surface area contributed by atoms with Crippen molar-refractivity contribution in [3.8, 4) is 5.82 Å². The number of imidazole rings is 1. The Morgan fingerprint density at radius 1 is 0.851 bits per heavy atom. The van der Waals surface area contributed by atoms with Crippen molar-refractivity contribution < 1.29 is 30.7 Å². The van der Waals surface area contributed by atoms with Gasteiger partial charge in [-0.05, 0) is 94.1 Å². The van der Waals surface area contributed by atoms with Gasteiger partial charge in [0.1, 0.15) is 18.7 Å². The van der Waals surface area contributed by atoms with E-state index in [-0.39, 0.29) is 45.6 Å². The summed E-state index contributed by atoms with van der Waals surface area (Å²) in [5, 5.41) is 8.84. The van der Waals surface area contributed by atoms with Gasteiger partial charge in [0.15, 0.2) is 33.6 Å². The minimum atomic E-state index is -2.06. The molecule has 2 aliphatic carbocycles. The van der Waals surface area contributed by atoms with Crippen molar-refractivity contribution in [2.24, 2.45) is 0 Å². The van der Waals surface area contributed by atoms with Gasteiger partial charge in [-0.25, -0.2) is 15.0 Å².